The van der Waals surface area contributed by atoms with Crippen LogP contribution in [0.15, 0.2) is 131 Å². The molecule has 12 heterocycles. The number of imide groups is 2. The number of nitrogens with zero attached hydrogens (tertiary/aromatic N) is 17. The number of aliphatic carboxylic acids is 2. The van der Waals surface area contributed by atoms with E-state index in [0.29, 0.717) is 107 Å². The van der Waals surface area contributed by atoms with Gasteiger partial charge in [0.25, 0.3) is 30.1 Å². The molecule has 0 saturated carbocycles. The molecule has 3 saturated heterocycles. The Hall–Kier alpha value is -11.3. The van der Waals surface area contributed by atoms with Crippen LogP contribution in [0, 0.1) is 0 Å². The van der Waals surface area contributed by atoms with Crippen molar-refractivity contribution in [1.29, 1.82) is 0 Å². The molecule has 0 atom stereocenters. The Bertz CT molecular complexity index is 3450. The maximum Gasteiger partial charge on any atom is 0.354 e. The number of hydrazone groups is 3. The molecule has 0 unspecified atom stereocenters. The van der Waals surface area contributed by atoms with Crippen LogP contribution < -0.4 is 20.3 Å². The van der Waals surface area contributed by atoms with Gasteiger partial charge in [-0.25, -0.2) is 19.7 Å². The van der Waals surface area contributed by atoms with Crippen molar-refractivity contribution >= 4 is 134 Å². The maximum atomic E-state index is 11.4. The third-order valence-corrected chi connectivity index (χ3v) is 13.1. The maximum absolute atomic E-state index is 11.4. The standard InChI is InChI=1S/C10H7N5O2.3C9H9N3O.C7H8N2O6.C7H9NO3S2.C4H5NO2/c16-6-17-9-5-8-12-13-10(15(8)14-9)7-3-1-2-4-11-7;1-7-6-9(13)12(11-7)8-2-4-10-5-3-8;1-7-5-9(13)12(11-7)8-3-2-4-10-6-8;1-7-6-9(13)12(11-7)8-4-2-3-5-10-8;1-2-14-15-9-3-5(10)8(7(9)13)4-6(11)12;9-5-4-13-7(12)8(5)3-1-2-6(10)11;6-3-1-2-4(7)5-3/h1-4,6H,5H2;2-5H,6H2,1H3;2-4,6H,5H2,1H3;2-5H,6H2,1H3;2H,1,3-4H2,(H,11,12);1-4H2,(H,10,11);1-2H2,(H,5,6,7). The molecular weight excluding hydrogens is 1230 g/mol. The number of carbonyl (C=O) groups excluding carboxylic acids is 9. The molecule has 36 heteroatoms. The monoisotopic (exact) mass is 1290 g/mol. The van der Waals surface area contributed by atoms with Gasteiger partial charge in [-0.1, -0.05) is 47.7 Å². The van der Waals surface area contributed by atoms with E-state index in [1.165, 1.54) is 36.4 Å². The van der Waals surface area contributed by atoms with Gasteiger partial charge in [0.05, 0.1) is 49.0 Å². The molecule has 91 heavy (non-hydrogen) atoms. The third kappa shape index (κ3) is 21.0. The summed E-state index contributed by atoms with van der Waals surface area (Å²) in [5.74, 6) is -0.658. The topological polar surface area (TPSA) is 419 Å². The summed E-state index contributed by atoms with van der Waals surface area (Å²) in [5.41, 5.74) is 4.69. The number of aromatic nitrogens is 7. The van der Waals surface area contributed by atoms with E-state index in [4.69, 9.17) is 27.2 Å². The van der Waals surface area contributed by atoms with Gasteiger partial charge in [-0.3, -0.25) is 73.1 Å². The highest BCUT2D eigenvalue weighted by Gasteiger charge is 2.39. The first-order chi connectivity index (χ1) is 43.6. The van der Waals surface area contributed by atoms with Crippen LogP contribution in [0.25, 0.3) is 11.5 Å². The number of ether oxygens (including phenoxy) is 1. The summed E-state index contributed by atoms with van der Waals surface area (Å²) in [6.07, 6.45) is 13.7. The Balaban J connectivity index is 0.000000170. The molecule has 9 amide bonds. The minimum atomic E-state index is -1.29. The average molecular weight is 1290 g/mol. The number of anilines is 3. The van der Waals surface area contributed by atoms with E-state index in [1.54, 1.807) is 67.5 Å². The molecule has 12 rings (SSSR count). The summed E-state index contributed by atoms with van der Waals surface area (Å²) in [7, 11) is 0. The second-order valence-electron chi connectivity index (χ2n) is 18.7. The van der Waals surface area contributed by atoms with Gasteiger partial charge in [0, 0.05) is 73.9 Å². The van der Waals surface area contributed by atoms with Crippen molar-refractivity contribution in [2.75, 3.05) is 40.4 Å². The molecule has 0 radical (unpaired) electrons. The average Bonchev–Trinajstić information content (AvgIpc) is 1.85. The highest BCUT2D eigenvalue weighted by molar-refractivity contribution is 8.23. The zero-order valence-corrected chi connectivity index (χ0v) is 50.2. The second-order valence-corrected chi connectivity index (χ2v) is 20.3. The molecule has 0 bridgehead atoms. The fraction of sp³-hybridized carbons (Fsp3) is 0.273. The van der Waals surface area contributed by atoms with Crippen LogP contribution >= 0.6 is 24.0 Å². The SMILES string of the molecule is C=COON1CC(=O)N(CC(=O)O)C1=O.CC1=NN(c2ccccn2)C(=O)C1.CC1=NN(c2cccnc2)C(=O)C1.CC1=NN(c2ccncc2)C(=O)C1.O=C(O)CCCN1C(=O)CSC1=S.O=C1CCC(=O)N1.O=COC1=Nn2c(nnc2-c2ccccn2)C1. The molecule has 7 aliphatic heterocycles. The van der Waals surface area contributed by atoms with Crippen molar-refractivity contribution < 1.29 is 77.6 Å². The van der Waals surface area contributed by atoms with Gasteiger partial charge in [0.1, 0.15) is 29.4 Å². The number of amides is 9. The molecular formula is C55H56N18O16S2. The van der Waals surface area contributed by atoms with Crippen molar-refractivity contribution in [1.82, 2.24) is 55.0 Å². The normalized spacial score (nSPS) is 15.9. The Labute approximate surface area is 525 Å². The smallest absolute Gasteiger partial charge is 0.354 e. The van der Waals surface area contributed by atoms with Crippen LogP contribution in [0.4, 0.5) is 22.0 Å². The molecule has 3 N–H and O–H groups in total. The van der Waals surface area contributed by atoms with Crippen LogP contribution in [0.2, 0.25) is 0 Å². The molecule has 34 nitrogen and oxygen atoms in total. The van der Waals surface area contributed by atoms with E-state index >= 15 is 0 Å². The number of carboxylic acid groups (broad SMARTS) is 2. The Morgan fingerprint density at radius 3 is 1.80 bits per heavy atom. The molecule has 5 aromatic heterocycles. The first-order valence-corrected chi connectivity index (χ1v) is 28.2. The van der Waals surface area contributed by atoms with Gasteiger partial charge < -0.3 is 19.8 Å². The van der Waals surface area contributed by atoms with Crippen molar-refractivity contribution in [3.63, 3.8) is 0 Å². The zero-order valence-electron chi connectivity index (χ0n) is 48.6. The molecule has 474 valence electrons. The number of nitrogens with one attached hydrogen (secondary N) is 1. The van der Waals surface area contributed by atoms with Crippen LogP contribution in [-0.4, -0.2) is 178 Å². The second kappa shape index (κ2) is 34.3. The Kier molecular flexibility index (Phi) is 26.0. The van der Waals surface area contributed by atoms with Crippen molar-refractivity contribution in [3.8, 4) is 11.5 Å². The number of thioether (sulfide) groups is 1. The highest BCUT2D eigenvalue weighted by atomic mass is 32.2. The first-order valence-electron chi connectivity index (χ1n) is 26.8. The quantitative estimate of drug-likeness (QED) is 0.0273. The van der Waals surface area contributed by atoms with E-state index in [9.17, 15) is 52.7 Å². The minimum Gasteiger partial charge on any atom is -0.481 e. The predicted molar refractivity (Wildman–Crippen MR) is 325 cm³/mol. The van der Waals surface area contributed by atoms with E-state index in [0.717, 1.165) is 34.8 Å². The van der Waals surface area contributed by atoms with Crippen LogP contribution in [-0.2, 0) is 69.0 Å². The van der Waals surface area contributed by atoms with Crippen LogP contribution in [0.5, 0.6) is 0 Å². The summed E-state index contributed by atoms with van der Waals surface area (Å²) in [6.45, 7) is 8.36. The minimum absolute atomic E-state index is 0.00509. The number of fused-ring (bicyclic) bond motifs is 1. The van der Waals surface area contributed by atoms with E-state index in [1.807, 2.05) is 51.1 Å². The van der Waals surface area contributed by atoms with E-state index < -0.39 is 30.4 Å². The largest absolute Gasteiger partial charge is 0.481 e. The number of hydrogen-bond donors (Lipinski definition) is 3. The zero-order chi connectivity index (χ0) is 66.0. The first kappa shape index (κ1) is 68.8. The lowest BCUT2D eigenvalue weighted by atomic mass is 10.3. The molecule has 5 aromatic rings. The summed E-state index contributed by atoms with van der Waals surface area (Å²) in [6, 6.07) is 17.1. The number of pyridine rings is 4. The van der Waals surface area contributed by atoms with Crippen molar-refractivity contribution in [2.24, 2.45) is 20.4 Å². The Morgan fingerprint density at radius 1 is 0.681 bits per heavy atom. The van der Waals surface area contributed by atoms with E-state index in [-0.39, 0.29) is 48.4 Å². The van der Waals surface area contributed by atoms with Crippen LogP contribution in [0.1, 0.15) is 71.5 Å². The predicted octanol–water partition coefficient (Wildman–Crippen LogP) is 3.29. The van der Waals surface area contributed by atoms with Crippen molar-refractivity contribution in [2.45, 2.75) is 72.1 Å². The van der Waals surface area contributed by atoms with Gasteiger partial charge in [-0.2, -0.15) is 35.1 Å². The Morgan fingerprint density at radius 2 is 1.31 bits per heavy atom. The van der Waals surface area contributed by atoms with E-state index in [2.05, 4.69) is 72.3 Å². The van der Waals surface area contributed by atoms with Gasteiger partial charge in [-0.15, -0.1) is 15.3 Å². The fourth-order valence-corrected chi connectivity index (χ4v) is 8.84. The number of thiocarbonyl (C=S) groups is 1. The lowest BCUT2D eigenvalue weighted by Crippen LogP contribution is -2.36. The summed E-state index contributed by atoms with van der Waals surface area (Å²) in [4.78, 5) is 145. The third-order valence-electron chi connectivity index (χ3n) is 11.7. The molecule has 0 aliphatic carbocycles. The fourth-order valence-electron chi connectivity index (χ4n) is 7.72. The number of carbonyl (C=O) groups is 11. The molecule has 0 spiro atoms. The van der Waals surface area contributed by atoms with Gasteiger partial charge in [-0.05, 0) is 75.7 Å². The number of rotatable bonds is 14. The summed E-state index contributed by atoms with van der Waals surface area (Å²) >= 11 is 6.25. The number of hydroxylamine groups is 2. The molecule has 7 aliphatic rings. The summed E-state index contributed by atoms with van der Waals surface area (Å²) in [5, 5.41) is 48.0. The lowest BCUT2D eigenvalue weighted by Gasteiger charge is -2.13. The van der Waals surface area contributed by atoms with Crippen LogP contribution in [0.3, 0.4) is 0 Å². The summed E-state index contributed by atoms with van der Waals surface area (Å²) < 4.78 is 6.79. The van der Waals surface area contributed by atoms with Gasteiger partial charge in [0.2, 0.25) is 29.4 Å². The molecule has 3 fully saturated rings. The van der Waals surface area contributed by atoms with Gasteiger partial charge >= 0.3 is 18.0 Å². The van der Waals surface area contributed by atoms with Gasteiger partial charge in [0.15, 0.2) is 11.6 Å². The molecule has 0 aromatic carbocycles. The van der Waals surface area contributed by atoms with Crippen molar-refractivity contribution in [3.05, 3.63) is 117 Å². The number of carboxylic acids is 2. The number of hydrogen-bond acceptors (Lipinski definition) is 26. The number of urea groups is 1. The highest BCUT2D eigenvalue weighted by Crippen LogP contribution is 2.23. The lowest BCUT2D eigenvalue weighted by molar-refractivity contribution is -0.368.